The van der Waals surface area contributed by atoms with E-state index in [0.29, 0.717) is 45.0 Å². The van der Waals surface area contributed by atoms with Crippen molar-refractivity contribution in [2.24, 2.45) is 4.99 Å². The summed E-state index contributed by atoms with van der Waals surface area (Å²) >= 11 is 0. The minimum Gasteiger partial charge on any atom is -0.459 e. The first kappa shape index (κ1) is 23.7. The zero-order chi connectivity index (χ0) is 19.0. The second-order valence-corrected chi connectivity index (χ2v) is 7.89. The molecule has 1 fully saturated rings. The maximum Gasteiger partial charge on any atom is 0.289 e. The van der Waals surface area contributed by atoms with Crippen molar-refractivity contribution in [2.75, 3.05) is 51.6 Å². The van der Waals surface area contributed by atoms with Gasteiger partial charge in [0.15, 0.2) is 11.7 Å². The molecule has 11 heteroatoms. The van der Waals surface area contributed by atoms with Crippen molar-refractivity contribution >= 4 is 45.9 Å². The van der Waals surface area contributed by atoms with Crippen LogP contribution in [0.3, 0.4) is 0 Å². The SMILES string of the molecule is CCNC(=NCCNS(=O)(=O)CC)N1CCN(C(=O)c2ccco2)CC1.I. The van der Waals surface area contributed by atoms with Gasteiger partial charge in [-0.1, -0.05) is 0 Å². The summed E-state index contributed by atoms with van der Waals surface area (Å²) in [5.41, 5.74) is 0. The number of carbonyl (C=O) groups is 1. The Bertz CT molecular complexity index is 700. The van der Waals surface area contributed by atoms with Crippen molar-refractivity contribution in [1.29, 1.82) is 0 Å². The van der Waals surface area contributed by atoms with E-state index in [2.05, 4.69) is 19.9 Å². The molecule has 1 aromatic rings. The summed E-state index contributed by atoms with van der Waals surface area (Å²) in [5, 5.41) is 3.21. The van der Waals surface area contributed by atoms with Crippen molar-refractivity contribution < 1.29 is 17.6 Å². The fourth-order valence-electron chi connectivity index (χ4n) is 2.57. The van der Waals surface area contributed by atoms with E-state index in [1.807, 2.05) is 6.92 Å². The van der Waals surface area contributed by atoms with Crippen molar-refractivity contribution in [3.8, 4) is 0 Å². The van der Waals surface area contributed by atoms with Crippen LogP contribution >= 0.6 is 24.0 Å². The molecular formula is C16H28IN5O4S. The fraction of sp³-hybridized carbons (Fsp3) is 0.625. The third kappa shape index (κ3) is 7.30. The molecule has 0 saturated carbocycles. The number of guanidine groups is 1. The molecule has 0 aliphatic carbocycles. The number of furan rings is 1. The lowest BCUT2D eigenvalue weighted by Gasteiger charge is -2.36. The van der Waals surface area contributed by atoms with Gasteiger partial charge in [-0.15, -0.1) is 24.0 Å². The van der Waals surface area contributed by atoms with Gasteiger partial charge in [-0.25, -0.2) is 13.1 Å². The Hall–Kier alpha value is -1.34. The van der Waals surface area contributed by atoms with Crippen LogP contribution in [0.5, 0.6) is 0 Å². The monoisotopic (exact) mass is 513 g/mol. The molecule has 2 heterocycles. The van der Waals surface area contributed by atoms with E-state index in [0.717, 1.165) is 5.96 Å². The first-order chi connectivity index (χ1) is 12.5. The van der Waals surface area contributed by atoms with Gasteiger partial charge in [-0.3, -0.25) is 9.79 Å². The maximum absolute atomic E-state index is 12.3. The van der Waals surface area contributed by atoms with E-state index < -0.39 is 10.0 Å². The predicted octanol–water partition coefficient (Wildman–Crippen LogP) is 0.560. The average Bonchev–Trinajstić information content (AvgIpc) is 3.18. The largest absolute Gasteiger partial charge is 0.459 e. The Morgan fingerprint density at radius 1 is 1.22 bits per heavy atom. The molecule has 2 rings (SSSR count). The summed E-state index contributed by atoms with van der Waals surface area (Å²) in [6, 6.07) is 3.36. The molecule has 1 amide bonds. The Kier molecular flexibility index (Phi) is 10.1. The van der Waals surface area contributed by atoms with Crippen molar-refractivity contribution in [1.82, 2.24) is 19.8 Å². The first-order valence-corrected chi connectivity index (χ1v) is 10.5. The molecule has 0 aromatic carbocycles. The zero-order valence-corrected chi connectivity index (χ0v) is 18.8. The Morgan fingerprint density at radius 2 is 1.89 bits per heavy atom. The maximum atomic E-state index is 12.3. The third-order valence-electron chi connectivity index (χ3n) is 4.01. The van der Waals surface area contributed by atoms with E-state index in [4.69, 9.17) is 4.42 Å². The summed E-state index contributed by atoms with van der Waals surface area (Å²) in [6.07, 6.45) is 1.49. The van der Waals surface area contributed by atoms with Crippen LogP contribution in [-0.4, -0.2) is 81.7 Å². The number of carbonyl (C=O) groups excluding carboxylic acids is 1. The highest BCUT2D eigenvalue weighted by molar-refractivity contribution is 14.0. The van der Waals surface area contributed by atoms with Crippen LogP contribution in [0.15, 0.2) is 27.8 Å². The normalized spacial score (nSPS) is 15.4. The molecule has 27 heavy (non-hydrogen) atoms. The standard InChI is InChI=1S/C16H27N5O4S.HI/c1-3-17-16(18-7-8-19-26(23,24)4-2)21-11-9-20(10-12-21)15(22)14-6-5-13-25-14;/h5-6,13,19H,3-4,7-12H2,1-2H3,(H,17,18);1H. The number of halogens is 1. The number of nitrogens with zero attached hydrogens (tertiary/aromatic N) is 3. The van der Waals surface area contributed by atoms with Gasteiger partial charge in [0.1, 0.15) is 0 Å². The number of nitrogens with one attached hydrogen (secondary N) is 2. The van der Waals surface area contributed by atoms with Crippen LogP contribution in [0.25, 0.3) is 0 Å². The molecule has 0 bridgehead atoms. The van der Waals surface area contributed by atoms with Gasteiger partial charge >= 0.3 is 0 Å². The second-order valence-electron chi connectivity index (χ2n) is 5.79. The van der Waals surface area contributed by atoms with E-state index in [9.17, 15) is 13.2 Å². The predicted molar refractivity (Wildman–Crippen MR) is 115 cm³/mol. The highest BCUT2D eigenvalue weighted by Gasteiger charge is 2.25. The van der Waals surface area contributed by atoms with E-state index in [1.165, 1.54) is 6.26 Å². The molecule has 154 valence electrons. The van der Waals surface area contributed by atoms with Crippen LogP contribution in [0, 0.1) is 0 Å². The number of amides is 1. The number of sulfonamides is 1. The second kappa shape index (κ2) is 11.5. The van der Waals surface area contributed by atoms with E-state index in [-0.39, 0.29) is 42.2 Å². The summed E-state index contributed by atoms with van der Waals surface area (Å²) in [4.78, 5) is 20.6. The van der Waals surface area contributed by atoms with Gasteiger partial charge in [0.2, 0.25) is 10.0 Å². The summed E-state index contributed by atoms with van der Waals surface area (Å²) in [6.45, 7) is 7.36. The van der Waals surface area contributed by atoms with Crippen LogP contribution < -0.4 is 10.0 Å². The Morgan fingerprint density at radius 3 is 2.44 bits per heavy atom. The highest BCUT2D eigenvalue weighted by Crippen LogP contribution is 2.09. The molecule has 0 spiro atoms. The van der Waals surface area contributed by atoms with Gasteiger partial charge < -0.3 is 19.5 Å². The molecule has 0 atom stereocenters. The van der Waals surface area contributed by atoms with E-state index in [1.54, 1.807) is 24.0 Å². The van der Waals surface area contributed by atoms with Crippen LogP contribution in [-0.2, 0) is 10.0 Å². The molecule has 1 aliphatic rings. The topological polar surface area (TPSA) is 107 Å². The quantitative estimate of drug-likeness (QED) is 0.239. The molecule has 0 radical (unpaired) electrons. The van der Waals surface area contributed by atoms with Crippen LogP contribution in [0.4, 0.5) is 0 Å². The first-order valence-electron chi connectivity index (χ1n) is 8.80. The van der Waals surface area contributed by atoms with Crippen molar-refractivity contribution in [2.45, 2.75) is 13.8 Å². The Labute approximate surface area is 177 Å². The molecule has 0 unspecified atom stereocenters. The lowest BCUT2D eigenvalue weighted by atomic mass is 10.3. The molecule has 1 saturated heterocycles. The van der Waals surface area contributed by atoms with E-state index >= 15 is 0 Å². The van der Waals surface area contributed by atoms with Crippen molar-refractivity contribution in [3.05, 3.63) is 24.2 Å². The summed E-state index contributed by atoms with van der Waals surface area (Å²) in [5.74, 6) is 1.03. The molecule has 9 nitrogen and oxygen atoms in total. The molecule has 1 aliphatic heterocycles. The lowest BCUT2D eigenvalue weighted by molar-refractivity contribution is 0.0657. The number of hydrogen-bond acceptors (Lipinski definition) is 5. The highest BCUT2D eigenvalue weighted by atomic mass is 127. The average molecular weight is 513 g/mol. The molecule has 1 aromatic heterocycles. The Balaban J connectivity index is 0.00000364. The number of piperazine rings is 1. The summed E-state index contributed by atoms with van der Waals surface area (Å²) < 4.78 is 30.5. The zero-order valence-electron chi connectivity index (χ0n) is 15.7. The smallest absolute Gasteiger partial charge is 0.289 e. The molecular weight excluding hydrogens is 485 g/mol. The van der Waals surface area contributed by atoms with Gasteiger partial charge in [0, 0.05) is 39.3 Å². The van der Waals surface area contributed by atoms with Gasteiger partial charge in [-0.2, -0.15) is 0 Å². The third-order valence-corrected chi connectivity index (χ3v) is 5.41. The van der Waals surface area contributed by atoms with Crippen LogP contribution in [0.1, 0.15) is 24.4 Å². The van der Waals surface area contributed by atoms with Gasteiger partial charge in [0.05, 0.1) is 18.6 Å². The van der Waals surface area contributed by atoms with Gasteiger partial charge in [0.25, 0.3) is 5.91 Å². The number of hydrogen-bond donors (Lipinski definition) is 2. The number of rotatable bonds is 7. The minimum atomic E-state index is -3.20. The van der Waals surface area contributed by atoms with Crippen LogP contribution in [0.2, 0.25) is 0 Å². The van der Waals surface area contributed by atoms with Gasteiger partial charge in [-0.05, 0) is 26.0 Å². The van der Waals surface area contributed by atoms with Crippen molar-refractivity contribution in [3.63, 3.8) is 0 Å². The lowest BCUT2D eigenvalue weighted by Crippen LogP contribution is -2.53. The molecule has 2 N–H and O–H groups in total. The number of aliphatic imine (C=N–C) groups is 1. The summed E-state index contributed by atoms with van der Waals surface area (Å²) in [7, 11) is -3.20. The minimum absolute atomic E-state index is 0. The fourth-order valence-corrected chi connectivity index (χ4v) is 3.17.